The lowest BCUT2D eigenvalue weighted by molar-refractivity contribution is 0.0715. The molecule has 0 aliphatic carbocycles. The number of H-pyrrole nitrogens is 1. The molecule has 8 heteroatoms. The average molecular weight is 336 g/mol. The van der Waals surface area contributed by atoms with Crippen LogP contribution in [0.5, 0.6) is 5.75 Å². The average Bonchev–Trinajstić information content (AvgIpc) is 3.00. The number of piperidine rings is 1. The second-order valence-electron chi connectivity index (χ2n) is 6.28. The van der Waals surface area contributed by atoms with Crippen LogP contribution in [-0.2, 0) is 0 Å². The molecule has 1 saturated heterocycles. The number of nitrogens with one attached hydrogen (secondary N) is 1. The molecule has 0 atom stereocenters. The number of aromatic nitrogens is 3. The van der Waals surface area contributed by atoms with Crippen LogP contribution in [0.25, 0.3) is 11.5 Å². The fourth-order valence-electron chi connectivity index (χ4n) is 2.67. The van der Waals surface area contributed by atoms with Crippen LogP contribution in [0.2, 0.25) is 0 Å². The highest BCUT2D eigenvalue weighted by Gasteiger charge is 2.28. The Labute approximate surface area is 138 Å². The van der Waals surface area contributed by atoms with Crippen molar-refractivity contribution < 1.29 is 13.7 Å². The van der Waals surface area contributed by atoms with E-state index < -0.39 is 11.4 Å². The zero-order valence-corrected chi connectivity index (χ0v) is 13.6. The molecule has 3 rings (SSSR count). The zero-order valence-electron chi connectivity index (χ0n) is 13.6. The third kappa shape index (κ3) is 4.41. The van der Waals surface area contributed by atoms with E-state index in [4.69, 9.17) is 4.74 Å². The molecule has 0 amide bonds. The smallest absolute Gasteiger partial charge is 0.439 e. The van der Waals surface area contributed by atoms with E-state index in [0.29, 0.717) is 30.9 Å². The number of pyridine rings is 1. The van der Waals surface area contributed by atoms with Gasteiger partial charge < -0.3 is 9.64 Å². The largest absolute Gasteiger partial charge is 0.492 e. The van der Waals surface area contributed by atoms with Crippen molar-refractivity contribution >= 4 is 0 Å². The third-order valence-corrected chi connectivity index (χ3v) is 4.21. The number of ether oxygens (including phenoxy) is 1. The van der Waals surface area contributed by atoms with Gasteiger partial charge in [0.15, 0.2) is 0 Å². The molecule has 0 bridgehead atoms. The first-order chi connectivity index (χ1) is 11.5. The van der Waals surface area contributed by atoms with Crippen molar-refractivity contribution in [3.8, 4) is 17.3 Å². The van der Waals surface area contributed by atoms with E-state index in [0.717, 1.165) is 26.1 Å². The maximum atomic E-state index is 13.7. The van der Waals surface area contributed by atoms with Gasteiger partial charge in [0, 0.05) is 19.6 Å². The number of aromatic amines is 1. The van der Waals surface area contributed by atoms with E-state index >= 15 is 0 Å². The SMILES string of the molecule is CC1(F)CCN(CCCOc2ccc(-c3noc(=O)[nH]3)nc2)CC1. The Kier molecular flexibility index (Phi) is 4.94. The Balaban J connectivity index is 1.40. The van der Waals surface area contributed by atoms with Crippen LogP contribution in [0.4, 0.5) is 4.39 Å². The maximum Gasteiger partial charge on any atom is 0.439 e. The van der Waals surface area contributed by atoms with Gasteiger partial charge in [0.1, 0.15) is 17.1 Å². The molecule has 0 radical (unpaired) electrons. The molecule has 7 nitrogen and oxygen atoms in total. The minimum Gasteiger partial charge on any atom is -0.492 e. The quantitative estimate of drug-likeness (QED) is 0.813. The van der Waals surface area contributed by atoms with Crippen molar-refractivity contribution in [3.05, 3.63) is 28.9 Å². The lowest BCUT2D eigenvalue weighted by atomic mass is 9.96. The van der Waals surface area contributed by atoms with Crippen molar-refractivity contribution in [3.63, 3.8) is 0 Å². The summed E-state index contributed by atoms with van der Waals surface area (Å²) in [5, 5.41) is 3.57. The van der Waals surface area contributed by atoms with Gasteiger partial charge in [-0.2, -0.15) is 0 Å². The van der Waals surface area contributed by atoms with Gasteiger partial charge in [-0.25, -0.2) is 14.2 Å². The van der Waals surface area contributed by atoms with E-state index in [1.165, 1.54) is 0 Å². The maximum absolute atomic E-state index is 13.7. The van der Waals surface area contributed by atoms with Gasteiger partial charge in [0.2, 0.25) is 5.82 Å². The highest BCUT2D eigenvalue weighted by Crippen LogP contribution is 2.25. The molecule has 1 aliphatic rings. The van der Waals surface area contributed by atoms with Crippen molar-refractivity contribution in [2.45, 2.75) is 31.9 Å². The fraction of sp³-hybridized carbons (Fsp3) is 0.562. The van der Waals surface area contributed by atoms with E-state index in [9.17, 15) is 9.18 Å². The topological polar surface area (TPSA) is 84.2 Å². The molecule has 130 valence electrons. The van der Waals surface area contributed by atoms with Crippen LogP contribution in [0, 0.1) is 0 Å². The summed E-state index contributed by atoms with van der Waals surface area (Å²) in [6, 6.07) is 3.47. The molecule has 1 N–H and O–H groups in total. The Bertz CT molecular complexity index is 701. The predicted molar refractivity (Wildman–Crippen MR) is 85.7 cm³/mol. The Morgan fingerprint density at radius 3 is 2.83 bits per heavy atom. The van der Waals surface area contributed by atoms with Gasteiger partial charge in [-0.05, 0) is 38.3 Å². The van der Waals surface area contributed by atoms with E-state index in [1.54, 1.807) is 25.3 Å². The van der Waals surface area contributed by atoms with Crippen molar-refractivity contribution in [1.29, 1.82) is 0 Å². The van der Waals surface area contributed by atoms with Crippen LogP contribution in [0.15, 0.2) is 27.6 Å². The molecule has 0 unspecified atom stereocenters. The monoisotopic (exact) mass is 336 g/mol. The summed E-state index contributed by atoms with van der Waals surface area (Å²) in [4.78, 5) is 19.8. The summed E-state index contributed by atoms with van der Waals surface area (Å²) in [6.07, 6.45) is 3.66. The molecule has 2 aromatic heterocycles. The van der Waals surface area contributed by atoms with Gasteiger partial charge in [0.25, 0.3) is 0 Å². The first kappa shape index (κ1) is 16.6. The summed E-state index contributed by atoms with van der Waals surface area (Å²) in [6.45, 7) is 4.77. The molecule has 2 aromatic rings. The fourth-order valence-corrected chi connectivity index (χ4v) is 2.67. The van der Waals surface area contributed by atoms with Gasteiger partial charge in [-0.15, -0.1) is 0 Å². The van der Waals surface area contributed by atoms with E-state index in [-0.39, 0.29) is 5.82 Å². The van der Waals surface area contributed by atoms with Gasteiger partial charge >= 0.3 is 5.76 Å². The predicted octanol–water partition coefficient (Wildman–Crippen LogP) is 2.02. The lowest BCUT2D eigenvalue weighted by Gasteiger charge is -2.34. The standard InChI is InChI=1S/C16H21FN4O3/c1-16(17)5-8-21(9-6-16)7-2-10-23-12-3-4-13(18-11-12)14-19-15(22)24-20-14/h3-4,11H,2,5-10H2,1H3,(H,19,20,22). The van der Waals surface area contributed by atoms with Crippen molar-refractivity contribution in [2.24, 2.45) is 0 Å². The lowest BCUT2D eigenvalue weighted by Crippen LogP contribution is -2.40. The third-order valence-electron chi connectivity index (χ3n) is 4.21. The molecule has 1 aliphatic heterocycles. The number of halogens is 1. The molecule has 24 heavy (non-hydrogen) atoms. The van der Waals surface area contributed by atoms with Crippen LogP contribution >= 0.6 is 0 Å². The Morgan fingerprint density at radius 1 is 1.42 bits per heavy atom. The first-order valence-corrected chi connectivity index (χ1v) is 8.08. The number of hydrogen-bond acceptors (Lipinski definition) is 6. The highest BCUT2D eigenvalue weighted by atomic mass is 19.1. The Morgan fingerprint density at radius 2 is 2.21 bits per heavy atom. The number of alkyl halides is 1. The molecule has 0 aromatic carbocycles. The van der Waals surface area contributed by atoms with Crippen LogP contribution in [0.3, 0.4) is 0 Å². The molecule has 1 fully saturated rings. The normalized spacial score (nSPS) is 17.8. The number of nitrogens with zero attached hydrogens (tertiary/aromatic N) is 3. The second kappa shape index (κ2) is 7.12. The zero-order chi connectivity index (χ0) is 17.0. The van der Waals surface area contributed by atoms with Gasteiger partial charge in [0.05, 0.1) is 12.8 Å². The number of rotatable bonds is 6. The summed E-state index contributed by atoms with van der Waals surface area (Å²) in [5.41, 5.74) is -0.495. The Hall–Kier alpha value is -2.22. The van der Waals surface area contributed by atoms with Crippen molar-refractivity contribution in [1.82, 2.24) is 20.0 Å². The summed E-state index contributed by atoms with van der Waals surface area (Å²) < 4.78 is 23.8. The summed E-state index contributed by atoms with van der Waals surface area (Å²) in [5.74, 6) is 0.328. The molecule has 3 heterocycles. The number of hydrogen-bond donors (Lipinski definition) is 1. The van der Waals surface area contributed by atoms with Crippen molar-refractivity contribution in [2.75, 3.05) is 26.2 Å². The molecular weight excluding hydrogens is 315 g/mol. The minimum absolute atomic E-state index is 0.288. The summed E-state index contributed by atoms with van der Waals surface area (Å²) >= 11 is 0. The first-order valence-electron chi connectivity index (χ1n) is 8.08. The van der Waals surface area contributed by atoms with E-state index in [1.807, 2.05) is 0 Å². The highest BCUT2D eigenvalue weighted by molar-refractivity contribution is 5.48. The van der Waals surface area contributed by atoms with Crippen LogP contribution in [0.1, 0.15) is 26.2 Å². The van der Waals surface area contributed by atoms with Gasteiger partial charge in [-0.3, -0.25) is 9.51 Å². The molecule has 0 spiro atoms. The summed E-state index contributed by atoms with van der Waals surface area (Å²) in [7, 11) is 0. The van der Waals surface area contributed by atoms with E-state index in [2.05, 4.69) is 24.5 Å². The molecular formula is C16H21FN4O3. The minimum atomic E-state index is -1.01. The van der Waals surface area contributed by atoms with Crippen LogP contribution in [-0.4, -0.2) is 51.9 Å². The molecule has 0 saturated carbocycles. The number of likely N-dealkylation sites (tertiary alicyclic amines) is 1. The van der Waals surface area contributed by atoms with Crippen LogP contribution < -0.4 is 10.5 Å². The second-order valence-corrected chi connectivity index (χ2v) is 6.28. The van der Waals surface area contributed by atoms with Gasteiger partial charge in [-0.1, -0.05) is 5.16 Å².